The fraction of sp³-hybridized carbons (Fsp3) is 0.529. The van der Waals surface area contributed by atoms with Crippen molar-refractivity contribution >= 4 is 0 Å². The fourth-order valence-corrected chi connectivity index (χ4v) is 4.42. The predicted molar refractivity (Wildman–Crippen MR) is 79.8 cm³/mol. The summed E-state index contributed by atoms with van der Waals surface area (Å²) < 4.78 is 10.9. The molecule has 0 spiro atoms. The van der Waals surface area contributed by atoms with Gasteiger partial charge in [-0.25, -0.2) is 0 Å². The van der Waals surface area contributed by atoms with Crippen molar-refractivity contribution in [3.8, 4) is 11.5 Å². The number of aliphatic hydroxyl groups excluding tert-OH is 1. The van der Waals surface area contributed by atoms with E-state index in [-0.39, 0.29) is 11.5 Å². The smallest absolute Gasteiger partial charge is 0.161 e. The lowest BCUT2D eigenvalue weighted by Crippen LogP contribution is -2.49. The van der Waals surface area contributed by atoms with Crippen molar-refractivity contribution in [3.05, 3.63) is 35.4 Å². The van der Waals surface area contributed by atoms with Crippen molar-refractivity contribution < 1.29 is 14.6 Å². The van der Waals surface area contributed by atoms with E-state index in [1.54, 1.807) is 14.2 Å². The molecule has 0 saturated carbocycles. The minimum Gasteiger partial charge on any atom is -0.493 e. The molecule has 1 N–H and O–H groups in total. The standard InChI is InChI=1S/C17H21NO3/c1-20-14-7-11-10-18-6-5-17(13(11)9-15(14)21-2)4-3-12(19)8-16(17)18/h3-4,7,9,12,16,19H,5-6,8,10H2,1-2H3/t12-,16+,17-/m0/s1. The minimum absolute atomic E-state index is 0.0341. The number of fused-ring (bicyclic) bond motifs is 1. The number of benzene rings is 1. The fourth-order valence-electron chi connectivity index (χ4n) is 4.42. The quantitative estimate of drug-likeness (QED) is 0.843. The summed E-state index contributed by atoms with van der Waals surface area (Å²) in [6.45, 7) is 2.02. The van der Waals surface area contributed by atoms with E-state index in [1.807, 2.05) is 6.08 Å². The van der Waals surface area contributed by atoms with E-state index in [0.717, 1.165) is 37.4 Å². The van der Waals surface area contributed by atoms with Crippen LogP contribution in [0.4, 0.5) is 0 Å². The molecule has 3 aliphatic rings. The molecule has 4 nitrogen and oxygen atoms in total. The highest BCUT2D eigenvalue weighted by molar-refractivity contribution is 5.55. The SMILES string of the molecule is COc1cc2c(cc1OC)[C@@]13C=C[C@H](O)C[C@H]1N(CC3)C2. The number of methoxy groups -OCH3 is 2. The molecule has 1 unspecified atom stereocenters. The van der Waals surface area contributed by atoms with E-state index in [4.69, 9.17) is 9.47 Å². The molecule has 4 rings (SSSR count). The van der Waals surface area contributed by atoms with Crippen LogP contribution < -0.4 is 9.47 Å². The van der Waals surface area contributed by atoms with Gasteiger partial charge in [0.05, 0.1) is 20.3 Å². The molecule has 2 aliphatic heterocycles. The van der Waals surface area contributed by atoms with Crippen LogP contribution in [-0.4, -0.2) is 42.9 Å². The van der Waals surface area contributed by atoms with Gasteiger partial charge in [0.15, 0.2) is 11.5 Å². The number of hydrogen-bond acceptors (Lipinski definition) is 4. The summed E-state index contributed by atoms with van der Waals surface area (Å²) in [7, 11) is 3.36. The summed E-state index contributed by atoms with van der Waals surface area (Å²) >= 11 is 0. The molecule has 1 aromatic rings. The molecule has 0 aromatic heterocycles. The Labute approximate surface area is 125 Å². The highest BCUT2D eigenvalue weighted by Gasteiger charge is 2.52. The Kier molecular flexibility index (Phi) is 2.81. The van der Waals surface area contributed by atoms with Gasteiger partial charge in [0.1, 0.15) is 0 Å². The van der Waals surface area contributed by atoms with Crippen LogP contribution in [0.15, 0.2) is 24.3 Å². The second kappa shape index (κ2) is 4.49. The van der Waals surface area contributed by atoms with E-state index in [9.17, 15) is 5.11 Å². The van der Waals surface area contributed by atoms with Crippen LogP contribution in [0.2, 0.25) is 0 Å². The Hall–Kier alpha value is -1.52. The second-order valence-corrected chi connectivity index (χ2v) is 6.30. The van der Waals surface area contributed by atoms with Crippen LogP contribution in [0.25, 0.3) is 0 Å². The van der Waals surface area contributed by atoms with Gasteiger partial charge in [0.2, 0.25) is 0 Å². The highest BCUT2D eigenvalue weighted by atomic mass is 16.5. The maximum Gasteiger partial charge on any atom is 0.161 e. The highest BCUT2D eigenvalue weighted by Crippen LogP contribution is 2.52. The summed E-state index contributed by atoms with van der Waals surface area (Å²) in [6, 6.07) is 4.66. The summed E-state index contributed by atoms with van der Waals surface area (Å²) in [4.78, 5) is 2.50. The molecule has 1 aromatic carbocycles. The average molecular weight is 287 g/mol. The summed E-state index contributed by atoms with van der Waals surface area (Å²) in [6.07, 6.45) is 5.82. The molecule has 4 atom stereocenters. The molecule has 1 saturated heterocycles. The maximum absolute atomic E-state index is 9.98. The third-order valence-corrected chi connectivity index (χ3v) is 5.41. The molecule has 1 aliphatic carbocycles. The van der Waals surface area contributed by atoms with Gasteiger partial charge in [0.25, 0.3) is 0 Å². The van der Waals surface area contributed by atoms with Crippen molar-refractivity contribution in [3.63, 3.8) is 0 Å². The van der Waals surface area contributed by atoms with Gasteiger partial charge < -0.3 is 14.6 Å². The lowest BCUT2D eigenvalue weighted by atomic mass is 9.66. The Bertz CT molecular complexity index is 612. The zero-order valence-corrected chi connectivity index (χ0v) is 12.5. The molecule has 2 heterocycles. The Morgan fingerprint density at radius 2 is 2.00 bits per heavy atom. The van der Waals surface area contributed by atoms with E-state index in [2.05, 4.69) is 23.1 Å². The number of rotatable bonds is 2. The third kappa shape index (κ3) is 1.69. The maximum atomic E-state index is 9.98. The van der Waals surface area contributed by atoms with Crippen LogP contribution in [-0.2, 0) is 12.0 Å². The topological polar surface area (TPSA) is 41.9 Å². The minimum atomic E-state index is -0.314. The molecular weight excluding hydrogens is 266 g/mol. The first-order valence-electron chi connectivity index (χ1n) is 7.55. The number of aliphatic hydroxyl groups is 1. The lowest BCUT2D eigenvalue weighted by Gasteiger charge is -2.45. The second-order valence-electron chi connectivity index (χ2n) is 6.30. The van der Waals surface area contributed by atoms with Crippen LogP contribution in [0.3, 0.4) is 0 Å². The Balaban J connectivity index is 1.91. The van der Waals surface area contributed by atoms with E-state index < -0.39 is 0 Å². The predicted octanol–water partition coefficient (Wildman–Crippen LogP) is 1.85. The van der Waals surface area contributed by atoms with E-state index in [0.29, 0.717) is 6.04 Å². The van der Waals surface area contributed by atoms with Crippen molar-refractivity contribution in [2.24, 2.45) is 0 Å². The summed E-state index contributed by atoms with van der Waals surface area (Å²) in [5.74, 6) is 1.59. The normalized spacial score (nSPS) is 36.0. The van der Waals surface area contributed by atoms with Crippen LogP contribution in [0, 0.1) is 0 Å². The summed E-state index contributed by atoms with van der Waals surface area (Å²) in [5, 5.41) is 9.98. The first kappa shape index (κ1) is 13.2. The van der Waals surface area contributed by atoms with Gasteiger partial charge >= 0.3 is 0 Å². The van der Waals surface area contributed by atoms with Gasteiger partial charge in [0, 0.05) is 24.5 Å². The zero-order valence-electron chi connectivity index (χ0n) is 12.5. The van der Waals surface area contributed by atoms with Crippen LogP contribution >= 0.6 is 0 Å². The van der Waals surface area contributed by atoms with Gasteiger partial charge in [-0.3, -0.25) is 4.90 Å². The van der Waals surface area contributed by atoms with Crippen molar-refractivity contribution in [2.45, 2.75) is 36.9 Å². The van der Waals surface area contributed by atoms with Gasteiger partial charge in [-0.15, -0.1) is 0 Å². The molecule has 4 heteroatoms. The first-order valence-corrected chi connectivity index (χ1v) is 7.55. The molecular formula is C17H21NO3. The molecule has 1 fully saturated rings. The van der Waals surface area contributed by atoms with Crippen molar-refractivity contribution in [2.75, 3.05) is 20.8 Å². The van der Waals surface area contributed by atoms with Crippen molar-refractivity contribution in [1.29, 1.82) is 0 Å². The Morgan fingerprint density at radius 3 is 2.76 bits per heavy atom. The molecule has 2 bridgehead atoms. The lowest BCUT2D eigenvalue weighted by molar-refractivity contribution is 0.110. The monoisotopic (exact) mass is 287 g/mol. The zero-order chi connectivity index (χ0) is 14.6. The number of ether oxygens (including phenoxy) is 2. The van der Waals surface area contributed by atoms with Gasteiger partial charge in [-0.2, -0.15) is 0 Å². The largest absolute Gasteiger partial charge is 0.493 e. The summed E-state index contributed by atoms with van der Waals surface area (Å²) in [5.41, 5.74) is 2.70. The first-order chi connectivity index (χ1) is 10.2. The number of hydrogen-bond donors (Lipinski definition) is 1. The molecule has 112 valence electrons. The Morgan fingerprint density at radius 1 is 1.24 bits per heavy atom. The molecule has 0 amide bonds. The molecule has 21 heavy (non-hydrogen) atoms. The molecule has 0 radical (unpaired) electrons. The van der Waals surface area contributed by atoms with E-state index >= 15 is 0 Å². The van der Waals surface area contributed by atoms with Crippen molar-refractivity contribution in [1.82, 2.24) is 4.90 Å². The van der Waals surface area contributed by atoms with E-state index in [1.165, 1.54) is 11.1 Å². The third-order valence-electron chi connectivity index (χ3n) is 5.41. The number of nitrogens with zero attached hydrogens (tertiary/aromatic N) is 1. The van der Waals surface area contributed by atoms with Crippen LogP contribution in [0.5, 0.6) is 11.5 Å². The average Bonchev–Trinajstić information content (AvgIpc) is 2.78. The van der Waals surface area contributed by atoms with Crippen LogP contribution in [0.1, 0.15) is 24.0 Å². The van der Waals surface area contributed by atoms with Gasteiger partial charge in [-0.05, 0) is 36.1 Å². The van der Waals surface area contributed by atoms with Gasteiger partial charge in [-0.1, -0.05) is 12.2 Å².